The van der Waals surface area contributed by atoms with Gasteiger partial charge in [-0.2, -0.15) is 5.10 Å². The third-order valence-corrected chi connectivity index (χ3v) is 4.97. The van der Waals surface area contributed by atoms with Crippen LogP contribution in [0.4, 0.5) is 5.69 Å². The summed E-state index contributed by atoms with van der Waals surface area (Å²) < 4.78 is 23.6. The molecule has 0 spiro atoms. The average Bonchev–Trinajstić information content (AvgIpc) is 3.39. The van der Waals surface area contributed by atoms with Crippen molar-refractivity contribution in [2.24, 2.45) is 5.14 Å². The van der Waals surface area contributed by atoms with Gasteiger partial charge >= 0.3 is 0 Å². The smallest absolute Gasteiger partial charge is 0.267 e. The van der Waals surface area contributed by atoms with Crippen molar-refractivity contribution in [3.05, 3.63) is 52.4 Å². The predicted octanol–water partition coefficient (Wildman–Crippen LogP) is 0.968. The van der Waals surface area contributed by atoms with Gasteiger partial charge in [-0.15, -0.1) is 0 Å². The number of nitrogens with one attached hydrogen (secondary N) is 1. The molecule has 1 saturated carbocycles. The van der Waals surface area contributed by atoms with Gasteiger partial charge in [0.25, 0.3) is 5.56 Å². The minimum atomic E-state index is -3.79. The molecule has 1 unspecified atom stereocenters. The van der Waals surface area contributed by atoms with E-state index in [0.717, 1.165) is 18.5 Å². The zero-order valence-corrected chi connectivity index (χ0v) is 14.4. The van der Waals surface area contributed by atoms with E-state index in [9.17, 15) is 18.0 Å². The van der Waals surface area contributed by atoms with Crippen LogP contribution >= 0.6 is 0 Å². The standard InChI is InChI=1S/C16H18N4O4S/c1-10(20-15(21)9-8-14(19-20)11-2-3-11)16(22)18-12-4-6-13(7-5-12)25(17,23)24/h4-11H,2-3H2,1H3,(H,18,22)(H2,17,23,24). The lowest BCUT2D eigenvalue weighted by atomic mass is 10.2. The zero-order chi connectivity index (χ0) is 18.2. The highest BCUT2D eigenvalue weighted by molar-refractivity contribution is 7.89. The maximum Gasteiger partial charge on any atom is 0.267 e. The van der Waals surface area contributed by atoms with Gasteiger partial charge in [0, 0.05) is 17.7 Å². The van der Waals surface area contributed by atoms with Crippen molar-refractivity contribution in [1.29, 1.82) is 0 Å². The molecule has 1 aromatic carbocycles. The summed E-state index contributed by atoms with van der Waals surface area (Å²) in [5, 5.41) is 12.0. The number of primary sulfonamides is 1. The van der Waals surface area contributed by atoms with Gasteiger partial charge in [0.2, 0.25) is 15.9 Å². The first kappa shape index (κ1) is 17.3. The van der Waals surface area contributed by atoms with E-state index >= 15 is 0 Å². The molecule has 1 fully saturated rings. The molecular weight excluding hydrogens is 344 g/mol. The molecule has 8 nitrogen and oxygen atoms in total. The Morgan fingerprint density at radius 1 is 1.24 bits per heavy atom. The van der Waals surface area contributed by atoms with Gasteiger partial charge in [0.1, 0.15) is 6.04 Å². The van der Waals surface area contributed by atoms with Crippen molar-refractivity contribution in [1.82, 2.24) is 9.78 Å². The van der Waals surface area contributed by atoms with E-state index in [-0.39, 0.29) is 10.5 Å². The predicted molar refractivity (Wildman–Crippen MR) is 91.6 cm³/mol. The molecule has 9 heteroatoms. The highest BCUT2D eigenvalue weighted by Gasteiger charge is 2.27. The summed E-state index contributed by atoms with van der Waals surface area (Å²) in [6.07, 6.45) is 2.09. The van der Waals surface area contributed by atoms with Crippen LogP contribution in [0.15, 0.2) is 46.1 Å². The lowest BCUT2D eigenvalue weighted by Gasteiger charge is -2.15. The number of hydrogen-bond acceptors (Lipinski definition) is 5. The lowest BCUT2D eigenvalue weighted by Crippen LogP contribution is -2.33. The zero-order valence-electron chi connectivity index (χ0n) is 13.5. The molecule has 3 N–H and O–H groups in total. The number of nitrogens with two attached hydrogens (primary N) is 1. The van der Waals surface area contributed by atoms with Crippen molar-refractivity contribution in [2.75, 3.05) is 5.32 Å². The molecule has 2 aromatic rings. The molecule has 3 rings (SSSR count). The molecule has 0 aliphatic heterocycles. The molecule has 1 aromatic heterocycles. The van der Waals surface area contributed by atoms with Crippen molar-refractivity contribution < 1.29 is 13.2 Å². The number of nitrogens with zero attached hydrogens (tertiary/aromatic N) is 2. The summed E-state index contributed by atoms with van der Waals surface area (Å²) in [5.41, 5.74) is 0.865. The van der Waals surface area contributed by atoms with E-state index in [4.69, 9.17) is 5.14 Å². The number of carbonyl (C=O) groups excluding carboxylic acids is 1. The molecule has 1 amide bonds. The van der Waals surface area contributed by atoms with E-state index in [1.54, 1.807) is 13.0 Å². The molecule has 0 saturated heterocycles. The van der Waals surface area contributed by atoms with Crippen LogP contribution in [0.5, 0.6) is 0 Å². The number of sulfonamides is 1. The quantitative estimate of drug-likeness (QED) is 0.820. The topological polar surface area (TPSA) is 124 Å². The van der Waals surface area contributed by atoms with Crippen LogP contribution in [0.1, 0.15) is 37.4 Å². The molecule has 132 valence electrons. The molecule has 1 heterocycles. The Hall–Kier alpha value is -2.52. The summed E-state index contributed by atoms with van der Waals surface area (Å²) in [4.78, 5) is 24.3. The summed E-state index contributed by atoms with van der Waals surface area (Å²) in [6, 6.07) is 7.78. The van der Waals surface area contributed by atoms with E-state index in [0.29, 0.717) is 11.6 Å². The molecule has 1 aliphatic carbocycles. The van der Waals surface area contributed by atoms with Crippen molar-refractivity contribution >= 4 is 21.6 Å². The second-order valence-corrected chi connectivity index (χ2v) is 7.61. The Morgan fingerprint density at radius 3 is 2.44 bits per heavy atom. The second kappa shape index (κ2) is 6.41. The first-order chi connectivity index (χ1) is 11.8. The third kappa shape index (κ3) is 3.94. The van der Waals surface area contributed by atoms with E-state index in [1.165, 1.54) is 35.0 Å². The number of aromatic nitrogens is 2. The molecule has 1 atom stereocenters. The molecule has 0 radical (unpaired) electrons. The fraction of sp³-hybridized carbons (Fsp3) is 0.312. The lowest BCUT2D eigenvalue weighted by molar-refractivity contribution is -0.119. The van der Waals surface area contributed by atoms with Gasteiger partial charge in [0.15, 0.2) is 0 Å². The highest BCUT2D eigenvalue weighted by Crippen LogP contribution is 2.38. The Kier molecular flexibility index (Phi) is 4.44. The number of hydrogen-bond donors (Lipinski definition) is 2. The Bertz CT molecular complexity index is 962. The Labute approximate surface area is 144 Å². The molecule has 25 heavy (non-hydrogen) atoms. The van der Waals surface area contributed by atoms with Crippen LogP contribution in [0, 0.1) is 0 Å². The van der Waals surface area contributed by atoms with Gasteiger partial charge < -0.3 is 5.32 Å². The summed E-state index contributed by atoms with van der Waals surface area (Å²) in [5.74, 6) is -0.0567. The van der Waals surface area contributed by atoms with Crippen LogP contribution in [0.25, 0.3) is 0 Å². The molecule has 1 aliphatic rings. The van der Waals surface area contributed by atoms with E-state index in [2.05, 4.69) is 10.4 Å². The van der Waals surface area contributed by atoms with Gasteiger partial charge in [-0.25, -0.2) is 18.2 Å². The largest absolute Gasteiger partial charge is 0.324 e. The number of carbonyl (C=O) groups is 1. The maximum absolute atomic E-state index is 12.4. The van der Waals surface area contributed by atoms with Crippen LogP contribution in [0.2, 0.25) is 0 Å². The summed E-state index contributed by atoms with van der Waals surface area (Å²) in [6.45, 7) is 1.58. The van der Waals surface area contributed by atoms with Crippen molar-refractivity contribution in [3.63, 3.8) is 0 Å². The van der Waals surface area contributed by atoms with E-state index in [1.807, 2.05) is 0 Å². The average molecular weight is 362 g/mol. The summed E-state index contributed by atoms with van der Waals surface area (Å²) in [7, 11) is -3.79. The van der Waals surface area contributed by atoms with Crippen LogP contribution in [-0.4, -0.2) is 24.1 Å². The minimum absolute atomic E-state index is 0.0476. The van der Waals surface area contributed by atoms with Crippen LogP contribution < -0.4 is 16.0 Å². The number of benzene rings is 1. The SMILES string of the molecule is CC(C(=O)Nc1ccc(S(N)(=O)=O)cc1)n1nc(C2CC2)ccc1=O. The third-order valence-electron chi connectivity index (χ3n) is 4.04. The van der Waals surface area contributed by atoms with Crippen LogP contribution in [-0.2, 0) is 14.8 Å². The normalized spacial score (nSPS) is 15.6. The monoisotopic (exact) mass is 362 g/mol. The van der Waals surface area contributed by atoms with Gasteiger partial charge in [0.05, 0.1) is 10.6 Å². The fourth-order valence-electron chi connectivity index (χ4n) is 2.40. The van der Waals surface area contributed by atoms with Gasteiger partial charge in [-0.3, -0.25) is 9.59 Å². The molecular formula is C16H18N4O4S. The van der Waals surface area contributed by atoms with Gasteiger partial charge in [-0.1, -0.05) is 0 Å². The Morgan fingerprint density at radius 2 is 1.88 bits per heavy atom. The number of anilines is 1. The highest BCUT2D eigenvalue weighted by atomic mass is 32.2. The maximum atomic E-state index is 12.4. The summed E-state index contributed by atoms with van der Waals surface area (Å²) >= 11 is 0. The Balaban J connectivity index is 1.77. The number of amides is 1. The van der Waals surface area contributed by atoms with Gasteiger partial charge in [-0.05, 0) is 50.1 Å². The molecule has 0 bridgehead atoms. The van der Waals surface area contributed by atoms with Crippen molar-refractivity contribution in [3.8, 4) is 0 Å². The first-order valence-electron chi connectivity index (χ1n) is 7.79. The fourth-order valence-corrected chi connectivity index (χ4v) is 2.92. The van der Waals surface area contributed by atoms with Crippen LogP contribution in [0.3, 0.4) is 0 Å². The second-order valence-electron chi connectivity index (χ2n) is 6.05. The minimum Gasteiger partial charge on any atom is -0.324 e. The number of rotatable bonds is 5. The van der Waals surface area contributed by atoms with Crippen molar-refractivity contribution in [2.45, 2.75) is 36.6 Å². The first-order valence-corrected chi connectivity index (χ1v) is 9.34. The van der Waals surface area contributed by atoms with E-state index < -0.39 is 22.0 Å².